The number of carbonyl (C=O) groups excluding carboxylic acids is 1. The lowest BCUT2D eigenvalue weighted by Crippen LogP contribution is -2.35. The number of non-ortho nitro benzene ring substituents is 1. The zero-order chi connectivity index (χ0) is 16.1. The summed E-state index contributed by atoms with van der Waals surface area (Å²) >= 11 is 5.74. The van der Waals surface area contributed by atoms with E-state index in [1.165, 1.54) is 30.3 Å². The Hall–Kier alpha value is -2.64. The van der Waals surface area contributed by atoms with Crippen LogP contribution in [0.3, 0.4) is 0 Å². The summed E-state index contributed by atoms with van der Waals surface area (Å²) in [5, 5.41) is 34.4. The highest BCUT2D eigenvalue weighted by atomic mass is 35.5. The number of hydrogen-bond acceptors (Lipinski definition) is 5. The molecule has 1 aliphatic heterocycles. The number of aromatic hydroxyl groups is 1. The number of anilines is 1. The smallest absolute Gasteiger partial charge is 0.269 e. The number of nitrogens with one attached hydrogen (secondary N) is 1. The number of fused-ring (bicyclic) bond motifs is 1. The van der Waals surface area contributed by atoms with Crippen molar-refractivity contribution in [3.63, 3.8) is 0 Å². The van der Waals surface area contributed by atoms with Gasteiger partial charge in [0.1, 0.15) is 5.75 Å². The van der Waals surface area contributed by atoms with E-state index in [1.807, 2.05) is 0 Å². The summed E-state index contributed by atoms with van der Waals surface area (Å²) in [4.78, 5) is 22.5. The van der Waals surface area contributed by atoms with Crippen LogP contribution in [0.2, 0.25) is 5.02 Å². The molecule has 0 fully saturated rings. The number of phenolic OH excluding ortho intramolecular Hbond substituents is 1. The second-order valence-electron chi connectivity index (χ2n) is 4.81. The van der Waals surface area contributed by atoms with E-state index in [9.17, 15) is 25.1 Å². The molecule has 7 nitrogen and oxygen atoms in total. The van der Waals surface area contributed by atoms with Crippen LogP contribution in [0, 0.1) is 10.1 Å². The highest BCUT2D eigenvalue weighted by Gasteiger charge is 2.49. The van der Waals surface area contributed by atoms with Gasteiger partial charge in [0, 0.05) is 34.0 Å². The molecule has 0 aromatic heterocycles. The minimum absolute atomic E-state index is 0.00400. The van der Waals surface area contributed by atoms with Crippen molar-refractivity contribution in [2.75, 3.05) is 5.32 Å². The number of amides is 1. The molecule has 0 saturated carbocycles. The van der Waals surface area contributed by atoms with Crippen molar-refractivity contribution in [2.24, 2.45) is 0 Å². The SMILES string of the molecule is O=C1Nc2ccc([N+](=O)[O-])cc2C1(O)c1ccc(Cl)cc1O. The van der Waals surface area contributed by atoms with Gasteiger partial charge in [0.05, 0.1) is 4.92 Å². The summed E-state index contributed by atoms with van der Waals surface area (Å²) < 4.78 is 0. The fourth-order valence-corrected chi connectivity index (χ4v) is 2.63. The maximum atomic E-state index is 12.2. The van der Waals surface area contributed by atoms with Crippen LogP contribution in [-0.4, -0.2) is 21.0 Å². The van der Waals surface area contributed by atoms with Crippen LogP contribution in [-0.2, 0) is 10.4 Å². The first-order valence-corrected chi connectivity index (χ1v) is 6.53. The third-order valence-electron chi connectivity index (χ3n) is 3.53. The molecule has 1 heterocycles. The number of carbonyl (C=O) groups is 1. The van der Waals surface area contributed by atoms with Gasteiger partial charge in [0.2, 0.25) is 0 Å². The van der Waals surface area contributed by atoms with Gasteiger partial charge in [-0.25, -0.2) is 0 Å². The molecule has 2 aromatic rings. The van der Waals surface area contributed by atoms with Gasteiger partial charge in [0.25, 0.3) is 11.6 Å². The second-order valence-corrected chi connectivity index (χ2v) is 5.25. The highest BCUT2D eigenvalue weighted by molar-refractivity contribution is 6.30. The van der Waals surface area contributed by atoms with Gasteiger partial charge in [-0.05, 0) is 18.2 Å². The molecular formula is C14H9ClN2O5. The number of rotatable bonds is 2. The van der Waals surface area contributed by atoms with Crippen LogP contribution in [0.5, 0.6) is 5.75 Å². The van der Waals surface area contributed by atoms with Crippen molar-refractivity contribution >= 4 is 28.9 Å². The molecule has 1 unspecified atom stereocenters. The molecule has 8 heteroatoms. The van der Waals surface area contributed by atoms with E-state index < -0.39 is 16.4 Å². The summed E-state index contributed by atoms with van der Waals surface area (Å²) in [6.45, 7) is 0. The minimum atomic E-state index is -2.23. The average Bonchev–Trinajstić information content (AvgIpc) is 2.70. The second kappa shape index (κ2) is 4.69. The zero-order valence-electron chi connectivity index (χ0n) is 10.9. The lowest BCUT2D eigenvalue weighted by molar-refractivity contribution is -0.385. The average molecular weight is 321 g/mol. The summed E-state index contributed by atoms with van der Waals surface area (Å²) in [5.74, 6) is -1.19. The first-order valence-electron chi connectivity index (χ1n) is 6.16. The van der Waals surface area contributed by atoms with Crippen LogP contribution >= 0.6 is 11.6 Å². The van der Waals surface area contributed by atoms with Gasteiger partial charge >= 0.3 is 0 Å². The molecule has 0 radical (unpaired) electrons. The Labute approximate surface area is 128 Å². The lowest BCUT2D eigenvalue weighted by atomic mass is 9.86. The van der Waals surface area contributed by atoms with Gasteiger partial charge in [0.15, 0.2) is 5.60 Å². The van der Waals surface area contributed by atoms with Crippen LogP contribution in [0.1, 0.15) is 11.1 Å². The third kappa shape index (κ3) is 1.91. The molecule has 0 aliphatic carbocycles. The van der Waals surface area contributed by atoms with Gasteiger partial charge in [-0.1, -0.05) is 17.7 Å². The number of aliphatic hydroxyl groups is 1. The van der Waals surface area contributed by atoms with E-state index in [0.29, 0.717) is 0 Å². The number of halogens is 1. The first-order chi connectivity index (χ1) is 10.3. The zero-order valence-corrected chi connectivity index (χ0v) is 11.7. The Morgan fingerprint density at radius 2 is 1.91 bits per heavy atom. The molecule has 0 bridgehead atoms. The van der Waals surface area contributed by atoms with Crippen LogP contribution in [0.25, 0.3) is 0 Å². The van der Waals surface area contributed by atoms with E-state index in [1.54, 1.807) is 0 Å². The Kier molecular flexibility index (Phi) is 3.05. The van der Waals surface area contributed by atoms with E-state index in [2.05, 4.69) is 5.32 Å². The van der Waals surface area contributed by atoms with Gasteiger partial charge in [-0.3, -0.25) is 14.9 Å². The molecule has 22 heavy (non-hydrogen) atoms. The summed E-state index contributed by atoms with van der Waals surface area (Å²) in [5.41, 5.74) is -2.36. The fraction of sp³-hybridized carbons (Fsp3) is 0.0714. The summed E-state index contributed by atoms with van der Waals surface area (Å²) in [7, 11) is 0. The van der Waals surface area contributed by atoms with Crippen LogP contribution < -0.4 is 5.32 Å². The Balaban J connectivity index is 2.25. The standard InChI is InChI=1S/C14H9ClN2O5/c15-7-1-3-9(12(18)5-7)14(20)10-6-8(17(21)22)2-4-11(10)16-13(14)19/h1-6,18,20H,(H,16,19). The molecule has 2 aromatic carbocycles. The van der Waals surface area contributed by atoms with Crippen molar-refractivity contribution < 1.29 is 19.9 Å². The van der Waals surface area contributed by atoms with E-state index in [0.717, 1.165) is 6.07 Å². The van der Waals surface area contributed by atoms with Crippen LogP contribution in [0.15, 0.2) is 36.4 Å². The van der Waals surface area contributed by atoms with Gasteiger partial charge in [-0.15, -0.1) is 0 Å². The van der Waals surface area contributed by atoms with E-state index in [-0.39, 0.29) is 33.3 Å². The predicted molar refractivity (Wildman–Crippen MR) is 77.8 cm³/mol. The Morgan fingerprint density at radius 3 is 2.55 bits per heavy atom. The van der Waals surface area contributed by atoms with E-state index >= 15 is 0 Å². The van der Waals surface area contributed by atoms with Crippen molar-refractivity contribution in [3.05, 3.63) is 62.7 Å². The fourth-order valence-electron chi connectivity index (χ4n) is 2.47. The number of nitro benzene ring substituents is 1. The Bertz CT molecular complexity index is 823. The number of phenols is 1. The first kappa shape index (κ1) is 14.3. The maximum Gasteiger partial charge on any atom is 0.269 e. The number of benzene rings is 2. The lowest BCUT2D eigenvalue weighted by Gasteiger charge is -2.22. The van der Waals surface area contributed by atoms with Crippen LogP contribution in [0.4, 0.5) is 11.4 Å². The molecule has 1 amide bonds. The molecule has 0 saturated heterocycles. The minimum Gasteiger partial charge on any atom is -0.507 e. The molecule has 3 N–H and O–H groups in total. The van der Waals surface area contributed by atoms with Crippen molar-refractivity contribution in [1.29, 1.82) is 0 Å². The third-order valence-corrected chi connectivity index (χ3v) is 3.77. The largest absolute Gasteiger partial charge is 0.507 e. The molecular weight excluding hydrogens is 312 g/mol. The quantitative estimate of drug-likeness (QED) is 0.579. The summed E-state index contributed by atoms with van der Waals surface area (Å²) in [6.07, 6.45) is 0. The number of nitrogens with zero attached hydrogens (tertiary/aromatic N) is 1. The van der Waals surface area contributed by atoms with Gasteiger partial charge < -0.3 is 15.5 Å². The highest BCUT2D eigenvalue weighted by Crippen LogP contribution is 2.45. The topological polar surface area (TPSA) is 113 Å². The Morgan fingerprint density at radius 1 is 1.18 bits per heavy atom. The van der Waals surface area contributed by atoms with Gasteiger partial charge in [-0.2, -0.15) is 0 Å². The molecule has 0 spiro atoms. The monoisotopic (exact) mass is 320 g/mol. The normalized spacial score (nSPS) is 19.6. The summed E-state index contributed by atoms with van der Waals surface area (Å²) in [6, 6.07) is 7.52. The van der Waals surface area contributed by atoms with Crippen molar-refractivity contribution in [1.82, 2.24) is 0 Å². The molecule has 3 rings (SSSR count). The predicted octanol–water partition coefficient (Wildman–Crippen LogP) is 2.14. The van der Waals surface area contributed by atoms with Crippen molar-refractivity contribution in [3.8, 4) is 5.75 Å². The molecule has 1 atom stereocenters. The number of hydrogen-bond donors (Lipinski definition) is 3. The van der Waals surface area contributed by atoms with E-state index in [4.69, 9.17) is 11.6 Å². The van der Waals surface area contributed by atoms with Crippen molar-refractivity contribution in [2.45, 2.75) is 5.60 Å². The maximum absolute atomic E-state index is 12.2. The number of nitro groups is 1. The molecule has 1 aliphatic rings. The molecule has 112 valence electrons.